The number of carbonyl (C=O) groups is 1. The van der Waals surface area contributed by atoms with E-state index in [9.17, 15) is 4.79 Å². The molecule has 0 saturated carbocycles. The van der Waals surface area contributed by atoms with Gasteiger partial charge in [-0.1, -0.05) is 12.1 Å². The first-order valence-corrected chi connectivity index (χ1v) is 12.5. The maximum absolute atomic E-state index is 12.8. The lowest BCUT2D eigenvalue weighted by molar-refractivity contribution is -0.150. The Kier molecular flexibility index (Phi) is 7.74. The summed E-state index contributed by atoms with van der Waals surface area (Å²) in [5.41, 5.74) is 1.16. The van der Waals surface area contributed by atoms with Gasteiger partial charge in [0.2, 0.25) is 5.91 Å². The van der Waals surface area contributed by atoms with Gasteiger partial charge in [0, 0.05) is 64.4 Å². The first kappa shape index (κ1) is 23.5. The normalized spacial score (nSPS) is 24.8. The van der Waals surface area contributed by atoms with Crippen molar-refractivity contribution < 1.29 is 14.3 Å². The van der Waals surface area contributed by atoms with E-state index in [0.29, 0.717) is 18.5 Å². The number of piperidine rings is 1. The largest absolute Gasteiger partial charge is 0.497 e. The van der Waals surface area contributed by atoms with Crippen molar-refractivity contribution in [2.75, 3.05) is 53.0 Å². The van der Waals surface area contributed by atoms with Gasteiger partial charge in [0.05, 0.1) is 12.7 Å². The Balaban J connectivity index is 1.23. The molecule has 1 atom stereocenters. The van der Waals surface area contributed by atoms with Crippen molar-refractivity contribution in [3.05, 3.63) is 29.8 Å². The number of hydrogen-bond donors (Lipinski definition) is 0. The summed E-state index contributed by atoms with van der Waals surface area (Å²) >= 11 is 0. The van der Waals surface area contributed by atoms with Gasteiger partial charge in [0.25, 0.3) is 0 Å². The SMILES string of the molecule is COc1ccc(CCC(=O)N2CCC3(CC2)C[C@H](N2CCN(C(C)C)CC2)CCO3)cc1. The molecule has 6 heteroatoms. The molecule has 0 bridgehead atoms. The van der Waals surface area contributed by atoms with Crippen molar-refractivity contribution >= 4 is 5.91 Å². The van der Waals surface area contributed by atoms with Gasteiger partial charge in [0.15, 0.2) is 0 Å². The molecule has 0 unspecified atom stereocenters. The van der Waals surface area contributed by atoms with Gasteiger partial charge in [-0.3, -0.25) is 14.6 Å². The zero-order valence-electron chi connectivity index (χ0n) is 20.2. The van der Waals surface area contributed by atoms with Crippen LogP contribution in [0.5, 0.6) is 5.75 Å². The van der Waals surface area contributed by atoms with Crippen LogP contribution < -0.4 is 4.74 Å². The molecule has 0 N–H and O–H groups in total. The van der Waals surface area contributed by atoms with Crippen LogP contribution in [0.3, 0.4) is 0 Å². The van der Waals surface area contributed by atoms with Crippen molar-refractivity contribution in [2.24, 2.45) is 0 Å². The second-order valence-corrected chi connectivity index (χ2v) is 10.1. The molecule has 1 amide bonds. The molecule has 0 radical (unpaired) electrons. The number of piperazine rings is 1. The maximum Gasteiger partial charge on any atom is 0.222 e. The fourth-order valence-corrected chi connectivity index (χ4v) is 5.65. The zero-order valence-corrected chi connectivity index (χ0v) is 20.2. The Morgan fingerprint density at radius 2 is 1.78 bits per heavy atom. The van der Waals surface area contributed by atoms with E-state index in [-0.39, 0.29) is 11.5 Å². The van der Waals surface area contributed by atoms with Crippen LogP contribution in [0, 0.1) is 0 Å². The highest BCUT2D eigenvalue weighted by Crippen LogP contribution is 2.37. The first-order valence-electron chi connectivity index (χ1n) is 12.5. The molecule has 0 aromatic heterocycles. The fourth-order valence-electron chi connectivity index (χ4n) is 5.65. The molecule has 3 heterocycles. The van der Waals surface area contributed by atoms with Crippen LogP contribution in [0.4, 0.5) is 0 Å². The average molecular weight is 444 g/mol. The van der Waals surface area contributed by atoms with Gasteiger partial charge in [-0.2, -0.15) is 0 Å². The minimum Gasteiger partial charge on any atom is -0.497 e. The van der Waals surface area contributed by atoms with E-state index >= 15 is 0 Å². The lowest BCUT2D eigenvalue weighted by atomic mass is 9.81. The van der Waals surface area contributed by atoms with Crippen molar-refractivity contribution in [1.82, 2.24) is 14.7 Å². The summed E-state index contributed by atoms with van der Waals surface area (Å²) in [5, 5.41) is 0. The van der Waals surface area contributed by atoms with Crippen LogP contribution in [-0.2, 0) is 16.0 Å². The summed E-state index contributed by atoms with van der Waals surface area (Å²) in [6.07, 6.45) is 5.58. The lowest BCUT2D eigenvalue weighted by Crippen LogP contribution is -2.58. The molecule has 3 aliphatic heterocycles. The van der Waals surface area contributed by atoms with Crippen molar-refractivity contribution in [3.8, 4) is 5.75 Å². The highest BCUT2D eigenvalue weighted by atomic mass is 16.5. The van der Waals surface area contributed by atoms with Crippen LogP contribution in [0.25, 0.3) is 0 Å². The van der Waals surface area contributed by atoms with Gasteiger partial charge >= 0.3 is 0 Å². The highest BCUT2D eigenvalue weighted by Gasteiger charge is 2.42. The highest BCUT2D eigenvalue weighted by molar-refractivity contribution is 5.76. The van der Waals surface area contributed by atoms with E-state index in [2.05, 4.69) is 28.5 Å². The molecule has 4 rings (SSSR count). The predicted octanol–water partition coefficient (Wildman–Crippen LogP) is 3.19. The van der Waals surface area contributed by atoms with Crippen LogP contribution in [0.1, 0.15) is 51.5 Å². The monoisotopic (exact) mass is 443 g/mol. The summed E-state index contributed by atoms with van der Waals surface area (Å²) in [4.78, 5) is 20.2. The molecule has 3 fully saturated rings. The zero-order chi connectivity index (χ0) is 22.6. The van der Waals surface area contributed by atoms with Gasteiger partial charge in [-0.25, -0.2) is 0 Å². The Hall–Kier alpha value is -1.63. The number of carbonyl (C=O) groups excluding carboxylic acids is 1. The average Bonchev–Trinajstić information content (AvgIpc) is 2.83. The Labute approximate surface area is 193 Å². The van der Waals surface area contributed by atoms with Crippen LogP contribution in [-0.4, -0.2) is 91.3 Å². The molecule has 3 saturated heterocycles. The molecule has 1 aromatic carbocycles. The fraction of sp³-hybridized carbons (Fsp3) is 0.731. The molecular weight excluding hydrogens is 402 g/mol. The minimum atomic E-state index is -0.0230. The summed E-state index contributed by atoms with van der Waals surface area (Å²) in [6.45, 7) is 11.8. The number of benzene rings is 1. The summed E-state index contributed by atoms with van der Waals surface area (Å²) < 4.78 is 11.6. The van der Waals surface area contributed by atoms with Crippen LogP contribution in [0.15, 0.2) is 24.3 Å². The molecule has 178 valence electrons. The maximum atomic E-state index is 12.8. The summed E-state index contributed by atoms with van der Waals surface area (Å²) in [7, 11) is 1.67. The van der Waals surface area contributed by atoms with Crippen LogP contribution in [0.2, 0.25) is 0 Å². The molecule has 0 aliphatic carbocycles. The van der Waals surface area contributed by atoms with E-state index in [1.54, 1.807) is 7.11 Å². The van der Waals surface area contributed by atoms with E-state index in [1.165, 1.54) is 31.7 Å². The van der Waals surface area contributed by atoms with Crippen molar-refractivity contribution in [1.29, 1.82) is 0 Å². The summed E-state index contributed by atoms with van der Waals surface area (Å²) in [5.74, 6) is 1.13. The Morgan fingerprint density at radius 1 is 1.09 bits per heavy atom. The number of rotatable bonds is 6. The third kappa shape index (κ3) is 5.64. The third-order valence-corrected chi connectivity index (χ3v) is 7.88. The molecule has 1 spiro atoms. The summed E-state index contributed by atoms with van der Waals surface area (Å²) in [6, 6.07) is 9.30. The Bertz CT molecular complexity index is 735. The lowest BCUT2D eigenvalue weighted by Gasteiger charge is -2.50. The van der Waals surface area contributed by atoms with Crippen molar-refractivity contribution in [2.45, 2.75) is 70.1 Å². The number of nitrogens with zero attached hydrogens (tertiary/aromatic N) is 3. The number of aryl methyl sites for hydroxylation is 1. The second-order valence-electron chi connectivity index (χ2n) is 10.1. The standard InChI is InChI=1S/C26H41N3O3/c1-21(2)27-15-17-28(18-16-27)23-10-19-32-26(20-23)11-13-29(14-12-26)25(30)9-6-22-4-7-24(31-3)8-5-22/h4-5,7-8,21,23H,6,9-20H2,1-3H3/t23-/m1/s1. The van der Waals surface area contributed by atoms with Gasteiger partial charge in [-0.15, -0.1) is 0 Å². The minimum absolute atomic E-state index is 0.0230. The molecule has 3 aliphatic rings. The molecular formula is C26H41N3O3. The van der Waals surface area contributed by atoms with E-state index in [4.69, 9.17) is 9.47 Å². The second kappa shape index (κ2) is 10.5. The van der Waals surface area contributed by atoms with Gasteiger partial charge in [-0.05, 0) is 63.6 Å². The van der Waals surface area contributed by atoms with E-state index in [0.717, 1.165) is 57.6 Å². The van der Waals surface area contributed by atoms with Crippen LogP contribution >= 0.6 is 0 Å². The number of ether oxygens (including phenoxy) is 2. The molecule has 6 nitrogen and oxygen atoms in total. The van der Waals surface area contributed by atoms with E-state index in [1.807, 2.05) is 24.3 Å². The van der Waals surface area contributed by atoms with Gasteiger partial charge < -0.3 is 14.4 Å². The van der Waals surface area contributed by atoms with Gasteiger partial charge in [0.1, 0.15) is 5.75 Å². The topological polar surface area (TPSA) is 45.2 Å². The predicted molar refractivity (Wildman–Crippen MR) is 127 cm³/mol. The number of likely N-dealkylation sites (tertiary alicyclic amines) is 1. The number of methoxy groups -OCH3 is 1. The molecule has 32 heavy (non-hydrogen) atoms. The first-order chi connectivity index (χ1) is 15.5. The van der Waals surface area contributed by atoms with E-state index < -0.39 is 0 Å². The third-order valence-electron chi connectivity index (χ3n) is 7.88. The molecule has 1 aromatic rings. The van der Waals surface area contributed by atoms with Crippen molar-refractivity contribution in [3.63, 3.8) is 0 Å². The quantitative estimate of drug-likeness (QED) is 0.676. The Morgan fingerprint density at radius 3 is 2.41 bits per heavy atom. The number of hydrogen-bond acceptors (Lipinski definition) is 5. The number of amides is 1. The smallest absolute Gasteiger partial charge is 0.222 e.